The zero-order valence-corrected chi connectivity index (χ0v) is 18.4. The van der Waals surface area contributed by atoms with Gasteiger partial charge in [0.2, 0.25) is 5.91 Å². The first-order valence-corrected chi connectivity index (χ1v) is 12.3. The van der Waals surface area contributed by atoms with Crippen molar-refractivity contribution in [3.63, 3.8) is 0 Å². The Balaban J connectivity index is 1.59. The third kappa shape index (κ3) is 3.92. The van der Waals surface area contributed by atoms with E-state index in [9.17, 15) is 13.2 Å². The third-order valence-corrected chi connectivity index (χ3v) is 9.22. The van der Waals surface area contributed by atoms with Gasteiger partial charge in [0.25, 0.3) is 10.0 Å². The van der Waals surface area contributed by atoms with Crippen molar-refractivity contribution in [3.05, 3.63) is 39.7 Å². The molecule has 0 radical (unpaired) electrons. The lowest BCUT2D eigenvalue weighted by Crippen LogP contribution is -2.49. The second kappa shape index (κ2) is 7.89. The molecule has 2 aromatic heterocycles. The number of rotatable bonds is 4. The molecule has 1 aromatic carbocycles. The van der Waals surface area contributed by atoms with E-state index in [2.05, 4.69) is 10.3 Å². The second-order valence-corrected chi connectivity index (χ2v) is 11.6. The Labute approximate surface area is 180 Å². The monoisotopic (exact) mass is 475 g/mol. The van der Waals surface area contributed by atoms with Crippen molar-refractivity contribution >= 4 is 77.2 Å². The number of amides is 1. The molecular weight excluding hydrogens is 461 g/mol. The molecule has 1 fully saturated rings. The minimum atomic E-state index is -3.79. The highest BCUT2D eigenvalue weighted by Gasteiger charge is 2.38. The fourth-order valence-electron chi connectivity index (χ4n) is 3.15. The molecule has 0 saturated carbocycles. The maximum absolute atomic E-state index is 13.0. The van der Waals surface area contributed by atoms with Gasteiger partial charge in [-0.1, -0.05) is 41.0 Å². The molecule has 0 aliphatic carbocycles. The van der Waals surface area contributed by atoms with E-state index in [-0.39, 0.29) is 10.1 Å². The fourth-order valence-corrected chi connectivity index (χ4v) is 7.56. The Bertz CT molecular complexity index is 1140. The van der Waals surface area contributed by atoms with E-state index in [0.717, 1.165) is 28.0 Å². The van der Waals surface area contributed by atoms with E-state index in [1.807, 2.05) is 0 Å². The number of carbonyl (C=O) groups excluding carboxylic acids is 1. The third-order valence-electron chi connectivity index (χ3n) is 4.45. The van der Waals surface area contributed by atoms with Gasteiger partial charge < -0.3 is 5.32 Å². The molecule has 148 valence electrons. The lowest BCUT2D eigenvalue weighted by atomic mass is 10.0. The number of piperidine rings is 1. The zero-order valence-electron chi connectivity index (χ0n) is 14.4. The number of fused-ring (bicyclic) bond motifs is 1. The number of halogens is 2. The zero-order chi connectivity index (χ0) is 19.9. The van der Waals surface area contributed by atoms with E-state index < -0.39 is 16.1 Å². The number of carbonyl (C=O) groups is 1. The first-order chi connectivity index (χ1) is 13.3. The molecule has 28 heavy (non-hydrogen) atoms. The molecule has 1 amide bonds. The molecule has 1 N–H and O–H groups in total. The highest BCUT2D eigenvalue weighted by Crippen LogP contribution is 2.33. The first-order valence-electron chi connectivity index (χ1n) is 8.49. The van der Waals surface area contributed by atoms with Crippen LogP contribution in [0.4, 0.5) is 5.13 Å². The molecule has 4 rings (SSSR count). The topological polar surface area (TPSA) is 79.4 Å². The number of aromatic nitrogens is 1. The van der Waals surface area contributed by atoms with Crippen molar-refractivity contribution < 1.29 is 13.2 Å². The summed E-state index contributed by atoms with van der Waals surface area (Å²) in [5, 5.41) is 3.79. The number of nitrogens with one attached hydrogen (secondary N) is 1. The summed E-state index contributed by atoms with van der Waals surface area (Å²) in [6, 6.07) is 7.53. The summed E-state index contributed by atoms with van der Waals surface area (Å²) in [5.74, 6) is -0.379. The number of thiophene rings is 1. The van der Waals surface area contributed by atoms with E-state index in [1.54, 1.807) is 24.3 Å². The van der Waals surface area contributed by atoms with Crippen LogP contribution in [-0.4, -0.2) is 36.2 Å². The van der Waals surface area contributed by atoms with Crippen LogP contribution in [0.25, 0.3) is 10.2 Å². The molecule has 11 heteroatoms. The van der Waals surface area contributed by atoms with Crippen molar-refractivity contribution in [2.24, 2.45) is 0 Å². The van der Waals surface area contributed by atoms with Crippen molar-refractivity contribution in [2.75, 3.05) is 11.9 Å². The molecule has 3 aromatic rings. The quantitative estimate of drug-likeness (QED) is 0.584. The number of hydrogen-bond acceptors (Lipinski definition) is 6. The summed E-state index contributed by atoms with van der Waals surface area (Å²) in [7, 11) is -3.79. The van der Waals surface area contributed by atoms with Crippen molar-refractivity contribution in [1.29, 1.82) is 0 Å². The molecule has 3 heterocycles. The van der Waals surface area contributed by atoms with Crippen LogP contribution in [0.1, 0.15) is 19.3 Å². The highest BCUT2D eigenvalue weighted by molar-refractivity contribution is 7.91. The van der Waals surface area contributed by atoms with Crippen LogP contribution in [0.3, 0.4) is 0 Å². The molecule has 1 aliphatic heterocycles. The van der Waals surface area contributed by atoms with Gasteiger partial charge in [-0.2, -0.15) is 4.31 Å². The largest absolute Gasteiger partial charge is 0.301 e. The summed E-state index contributed by atoms with van der Waals surface area (Å²) in [5.41, 5.74) is 0.728. The van der Waals surface area contributed by atoms with Crippen LogP contribution in [-0.2, 0) is 14.8 Å². The number of sulfonamides is 1. The minimum absolute atomic E-state index is 0.145. The molecule has 1 atom stereocenters. The average molecular weight is 476 g/mol. The molecule has 6 nitrogen and oxygen atoms in total. The summed E-state index contributed by atoms with van der Waals surface area (Å²) >= 11 is 14.2. The number of anilines is 1. The molecule has 0 spiro atoms. The van der Waals surface area contributed by atoms with Crippen molar-refractivity contribution in [3.8, 4) is 0 Å². The summed E-state index contributed by atoms with van der Waals surface area (Å²) < 4.78 is 28.7. The van der Waals surface area contributed by atoms with Crippen LogP contribution in [0.2, 0.25) is 9.36 Å². The predicted octanol–water partition coefficient (Wildman–Crippen LogP) is 4.85. The summed E-state index contributed by atoms with van der Waals surface area (Å²) in [6.07, 6.45) is 1.95. The number of benzene rings is 1. The lowest BCUT2D eigenvalue weighted by Gasteiger charge is -2.32. The Hall–Kier alpha value is -1.23. The van der Waals surface area contributed by atoms with Gasteiger partial charge in [0.15, 0.2) is 5.13 Å². The van der Waals surface area contributed by atoms with Crippen LogP contribution >= 0.6 is 45.9 Å². The fraction of sp³-hybridized carbons (Fsp3) is 0.294. The van der Waals surface area contributed by atoms with Crippen LogP contribution in [0.15, 0.2) is 34.5 Å². The van der Waals surface area contributed by atoms with Gasteiger partial charge in [-0.15, -0.1) is 11.3 Å². The molecule has 0 bridgehead atoms. The maximum Gasteiger partial charge on any atom is 0.253 e. The molecule has 1 unspecified atom stereocenters. The smallest absolute Gasteiger partial charge is 0.253 e. The molecule has 1 aliphatic rings. The first kappa shape index (κ1) is 20.1. The Morgan fingerprint density at radius 3 is 2.75 bits per heavy atom. The summed E-state index contributed by atoms with van der Waals surface area (Å²) in [6.45, 7) is 0.297. The van der Waals surface area contributed by atoms with Gasteiger partial charge in [-0.05, 0) is 43.2 Å². The maximum atomic E-state index is 13.0. The lowest BCUT2D eigenvalue weighted by molar-refractivity contribution is -0.120. The molecular formula is C17H15Cl2N3O3S3. The highest BCUT2D eigenvalue weighted by atomic mass is 35.5. The van der Waals surface area contributed by atoms with E-state index in [1.165, 1.54) is 21.7 Å². The number of thiazole rings is 1. The van der Waals surface area contributed by atoms with Gasteiger partial charge in [-0.25, -0.2) is 13.4 Å². The van der Waals surface area contributed by atoms with Gasteiger partial charge in [0.1, 0.15) is 10.3 Å². The van der Waals surface area contributed by atoms with Gasteiger partial charge in [0, 0.05) is 11.6 Å². The van der Waals surface area contributed by atoms with E-state index >= 15 is 0 Å². The Morgan fingerprint density at radius 2 is 2.00 bits per heavy atom. The SMILES string of the molecule is O=C(Nc1nc2ccc(Cl)cc2s1)C1CCCCN1S(=O)(=O)c1ccc(Cl)s1. The molecule has 1 saturated heterocycles. The Kier molecular flexibility index (Phi) is 5.65. The van der Waals surface area contributed by atoms with Crippen molar-refractivity contribution in [2.45, 2.75) is 29.5 Å². The number of nitrogens with zero attached hydrogens (tertiary/aromatic N) is 2. The number of hydrogen-bond donors (Lipinski definition) is 1. The summed E-state index contributed by atoms with van der Waals surface area (Å²) in [4.78, 5) is 17.3. The van der Waals surface area contributed by atoms with Crippen molar-refractivity contribution in [1.82, 2.24) is 9.29 Å². The second-order valence-electron chi connectivity index (χ2n) is 6.31. The van der Waals surface area contributed by atoms with E-state index in [0.29, 0.717) is 33.9 Å². The van der Waals surface area contributed by atoms with Gasteiger partial charge >= 0.3 is 0 Å². The average Bonchev–Trinajstić information content (AvgIpc) is 3.27. The van der Waals surface area contributed by atoms with Gasteiger partial charge in [0.05, 0.1) is 14.6 Å². The van der Waals surface area contributed by atoms with E-state index in [4.69, 9.17) is 23.2 Å². The Morgan fingerprint density at radius 1 is 1.18 bits per heavy atom. The van der Waals surface area contributed by atoms with Crippen LogP contribution < -0.4 is 5.32 Å². The van der Waals surface area contributed by atoms with Gasteiger partial charge in [-0.3, -0.25) is 4.79 Å². The predicted molar refractivity (Wildman–Crippen MR) is 114 cm³/mol. The van der Waals surface area contributed by atoms with Crippen LogP contribution in [0, 0.1) is 0 Å². The standard InChI is InChI=1S/C17H15Cl2N3O3S3/c18-10-4-5-11-13(9-10)26-17(20-11)21-16(23)12-3-1-2-8-22(12)28(24,25)15-7-6-14(19)27-15/h4-7,9,12H,1-3,8H2,(H,20,21,23). The minimum Gasteiger partial charge on any atom is -0.301 e. The normalized spacial score (nSPS) is 18.4. The van der Waals surface area contributed by atoms with Crippen LogP contribution in [0.5, 0.6) is 0 Å².